The van der Waals surface area contributed by atoms with E-state index in [4.69, 9.17) is 14.2 Å². The van der Waals surface area contributed by atoms with E-state index in [1.807, 2.05) is 18.2 Å². The van der Waals surface area contributed by atoms with Gasteiger partial charge in [0.15, 0.2) is 5.82 Å². The molecule has 0 amide bonds. The van der Waals surface area contributed by atoms with Crippen LogP contribution in [-0.2, 0) is 16.0 Å². The van der Waals surface area contributed by atoms with Crippen molar-refractivity contribution < 1.29 is 14.2 Å². The van der Waals surface area contributed by atoms with Gasteiger partial charge in [-0.05, 0) is 37.1 Å². The summed E-state index contributed by atoms with van der Waals surface area (Å²) >= 11 is 0. The largest absolute Gasteiger partial charge is 0.462 e. The molecule has 1 aromatic carbocycles. The monoisotopic (exact) mass is 441 g/mol. The van der Waals surface area contributed by atoms with Gasteiger partial charge in [0.2, 0.25) is 5.95 Å². The van der Waals surface area contributed by atoms with Crippen molar-refractivity contribution >= 4 is 11.6 Å². The first-order valence-electron chi connectivity index (χ1n) is 11.1. The lowest BCUT2D eigenvalue weighted by molar-refractivity contribution is 0.0317. The molecule has 0 unspecified atom stereocenters. The third-order valence-electron chi connectivity index (χ3n) is 5.57. The van der Waals surface area contributed by atoms with Crippen LogP contribution in [0.15, 0.2) is 28.4 Å². The predicted octanol–water partition coefficient (Wildman–Crippen LogP) is 2.32. The van der Waals surface area contributed by atoms with E-state index in [0.29, 0.717) is 37.6 Å². The summed E-state index contributed by atoms with van der Waals surface area (Å²) in [5.41, 5.74) is 3.24. The lowest BCUT2D eigenvalue weighted by atomic mass is 10.1. The van der Waals surface area contributed by atoms with Gasteiger partial charge in [-0.15, -0.1) is 0 Å². The zero-order valence-corrected chi connectivity index (χ0v) is 18.9. The van der Waals surface area contributed by atoms with Crippen molar-refractivity contribution in [2.45, 2.75) is 20.4 Å². The molecule has 3 heterocycles. The number of nitrogens with zero attached hydrogens (tertiary/aromatic N) is 7. The second-order valence-corrected chi connectivity index (χ2v) is 7.90. The number of hydrogen-bond donors (Lipinski definition) is 0. The molecule has 0 N–H and O–H groups in total. The van der Waals surface area contributed by atoms with Crippen molar-refractivity contribution in [2.24, 2.45) is 10.2 Å². The van der Waals surface area contributed by atoms with Gasteiger partial charge in [-0.1, -0.05) is 6.07 Å². The Labute approximate surface area is 188 Å². The maximum absolute atomic E-state index is 5.90. The Kier molecular flexibility index (Phi) is 7.92. The molecule has 172 valence electrons. The van der Waals surface area contributed by atoms with Gasteiger partial charge in [-0.2, -0.15) is 25.2 Å². The molecule has 32 heavy (non-hydrogen) atoms. The number of ether oxygens (including phenoxy) is 3. The fourth-order valence-electron chi connectivity index (χ4n) is 3.49. The summed E-state index contributed by atoms with van der Waals surface area (Å²) in [6.07, 6.45) is 0. The van der Waals surface area contributed by atoms with Crippen molar-refractivity contribution in [3.63, 3.8) is 0 Å². The van der Waals surface area contributed by atoms with Crippen molar-refractivity contribution in [2.75, 3.05) is 70.7 Å². The van der Waals surface area contributed by atoms with Crippen molar-refractivity contribution in [3.8, 4) is 6.01 Å². The zero-order chi connectivity index (χ0) is 22.2. The molecule has 0 spiro atoms. The molecular weight excluding hydrogens is 410 g/mol. The number of benzene rings is 1. The summed E-state index contributed by atoms with van der Waals surface area (Å²) in [4.78, 5) is 18.0. The lowest BCUT2D eigenvalue weighted by Crippen LogP contribution is -2.39. The van der Waals surface area contributed by atoms with Gasteiger partial charge in [0.05, 0.1) is 32.1 Å². The maximum atomic E-state index is 5.90. The number of hydrogen-bond acceptors (Lipinski definition) is 10. The highest BCUT2D eigenvalue weighted by molar-refractivity contribution is 5.42. The molecule has 1 aromatic heterocycles. The zero-order valence-electron chi connectivity index (χ0n) is 18.9. The molecule has 0 saturated carbocycles. The summed E-state index contributed by atoms with van der Waals surface area (Å²) in [6.45, 7) is 11.9. The highest BCUT2D eigenvalue weighted by Gasteiger charge is 2.17. The summed E-state index contributed by atoms with van der Waals surface area (Å²) in [5.74, 6) is 1.14. The van der Waals surface area contributed by atoms with Crippen LogP contribution in [0.4, 0.5) is 11.6 Å². The average molecular weight is 442 g/mol. The minimum Gasteiger partial charge on any atom is -0.462 e. The van der Waals surface area contributed by atoms with Gasteiger partial charge in [-0.3, -0.25) is 4.90 Å². The lowest BCUT2D eigenvalue weighted by Gasteiger charge is -2.27. The number of rotatable bonds is 8. The van der Waals surface area contributed by atoms with Crippen molar-refractivity contribution in [3.05, 3.63) is 35.2 Å². The molecule has 2 saturated heterocycles. The average Bonchev–Trinajstić information content (AvgIpc) is 2.83. The summed E-state index contributed by atoms with van der Waals surface area (Å²) in [6, 6.07) is 6.35. The molecule has 2 aromatic rings. The van der Waals surface area contributed by atoms with Crippen LogP contribution in [0.2, 0.25) is 0 Å². The topological polar surface area (TPSA) is 97.6 Å². The van der Waals surface area contributed by atoms with Gasteiger partial charge < -0.3 is 19.1 Å². The molecule has 0 atom stereocenters. The van der Waals surface area contributed by atoms with E-state index in [1.165, 1.54) is 11.1 Å². The van der Waals surface area contributed by atoms with Crippen LogP contribution >= 0.6 is 0 Å². The Hall–Kier alpha value is -2.69. The molecule has 2 aliphatic heterocycles. The van der Waals surface area contributed by atoms with Gasteiger partial charge >= 0.3 is 6.01 Å². The standard InChI is InChI=1S/C22H31N7O3/c1-17-3-4-19(15-18(17)2)27-23-16-20-24-21(29-8-12-31-13-9-29)26-22(25-20)32-14-7-28-5-10-30-11-6-28/h3-4,15H,5-14,16H2,1-2H3. The molecule has 0 radical (unpaired) electrons. The third-order valence-corrected chi connectivity index (χ3v) is 5.57. The Morgan fingerprint density at radius 3 is 2.44 bits per heavy atom. The van der Waals surface area contributed by atoms with Gasteiger partial charge in [0.25, 0.3) is 0 Å². The second-order valence-electron chi connectivity index (χ2n) is 7.90. The Morgan fingerprint density at radius 1 is 0.938 bits per heavy atom. The Balaban J connectivity index is 1.43. The van der Waals surface area contributed by atoms with Crippen LogP contribution < -0.4 is 9.64 Å². The highest BCUT2D eigenvalue weighted by Crippen LogP contribution is 2.19. The van der Waals surface area contributed by atoms with Gasteiger partial charge in [-0.25, -0.2) is 0 Å². The van der Waals surface area contributed by atoms with Gasteiger partial charge in [0.1, 0.15) is 13.2 Å². The van der Waals surface area contributed by atoms with Crippen LogP contribution in [0.1, 0.15) is 17.0 Å². The number of morpholine rings is 2. The van der Waals surface area contributed by atoms with Gasteiger partial charge in [0, 0.05) is 32.7 Å². The molecular formula is C22H31N7O3. The van der Waals surface area contributed by atoms with E-state index in [2.05, 4.69) is 48.8 Å². The minimum atomic E-state index is 0.257. The number of azo groups is 1. The van der Waals surface area contributed by atoms with E-state index < -0.39 is 0 Å². The quantitative estimate of drug-likeness (QED) is 0.576. The molecule has 10 nitrogen and oxygen atoms in total. The second kappa shape index (κ2) is 11.3. The minimum absolute atomic E-state index is 0.257. The number of aromatic nitrogens is 3. The first-order chi connectivity index (χ1) is 15.7. The van der Waals surface area contributed by atoms with Crippen LogP contribution in [0.3, 0.4) is 0 Å². The fraction of sp³-hybridized carbons (Fsp3) is 0.591. The predicted molar refractivity (Wildman–Crippen MR) is 120 cm³/mol. The normalized spacial score (nSPS) is 17.8. The fourth-order valence-corrected chi connectivity index (χ4v) is 3.49. The Bertz CT molecular complexity index is 912. The highest BCUT2D eigenvalue weighted by atomic mass is 16.5. The van der Waals surface area contributed by atoms with E-state index in [0.717, 1.165) is 51.6 Å². The van der Waals surface area contributed by atoms with E-state index in [9.17, 15) is 0 Å². The van der Waals surface area contributed by atoms with E-state index in [-0.39, 0.29) is 6.54 Å². The summed E-state index contributed by atoms with van der Waals surface area (Å²) in [7, 11) is 0. The Morgan fingerprint density at radius 2 is 1.69 bits per heavy atom. The van der Waals surface area contributed by atoms with Crippen molar-refractivity contribution in [1.82, 2.24) is 19.9 Å². The van der Waals surface area contributed by atoms with Crippen LogP contribution in [-0.4, -0.2) is 85.6 Å². The smallest absolute Gasteiger partial charge is 0.321 e. The van der Waals surface area contributed by atoms with Crippen LogP contribution in [0, 0.1) is 13.8 Å². The third kappa shape index (κ3) is 6.41. The first kappa shape index (κ1) is 22.5. The maximum Gasteiger partial charge on any atom is 0.321 e. The van der Waals surface area contributed by atoms with E-state index in [1.54, 1.807) is 0 Å². The van der Waals surface area contributed by atoms with Crippen LogP contribution in [0.5, 0.6) is 6.01 Å². The molecule has 0 aliphatic carbocycles. The van der Waals surface area contributed by atoms with Crippen molar-refractivity contribution in [1.29, 1.82) is 0 Å². The summed E-state index contributed by atoms with van der Waals surface area (Å²) < 4.78 is 16.7. The number of aryl methyl sites for hydroxylation is 2. The number of anilines is 1. The summed E-state index contributed by atoms with van der Waals surface area (Å²) in [5, 5.41) is 8.65. The first-order valence-corrected chi connectivity index (χ1v) is 11.1. The molecule has 0 bridgehead atoms. The molecule has 10 heteroatoms. The molecule has 2 aliphatic rings. The van der Waals surface area contributed by atoms with Crippen LogP contribution in [0.25, 0.3) is 0 Å². The molecule has 2 fully saturated rings. The van der Waals surface area contributed by atoms with E-state index >= 15 is 0 Å². The molecule has 4 rings (SSSR count). The SMILES string of the molecule is Cc1ccc(N=NCc2nc(OCCN3CCOCC3)nc(N3CCOCC3)n2)cc1C.